The quantitative estimate of drug-likeness (QED) is 0.785. The van der Waals surface area contributed by atoms with E-state index in [-0.39, 0.29) is 5.91 Å². The average Bonchev–Trinajstić information content (AvgIpc) is 3.31. The lowest BCUT2D eigenvalue weighted by atomic mass is 10.2. The molecular formula is C18H19N5OS. The van der Waals surface area contributed by atoms with Crippen molar-refractivity contribution in [3.8, 4) is 16.3 Å². The molecule has 4 rings (SSSR count). The molecule has 1 N–H and O–H groups in total. The van der Waals surface area contributed by atoms with Gasteiger partial charge in [-0.1, -0.05) is 18.2 Å². The van der Waals surface area contributed by atoms with Crippen LogP contribution in [0.25, 0.3) is 16.3 Å². The standard InChI is InChI=1S/C18H19N5OS/c1-13-10-22(8-7-19-13)18(24)16-12-25-17(21-16)14-9-20-23(11-14)15-5-3-2-4-6-15/h2-6,9,11-13,19H,7-8,10H2,1H3/t13-/m1/s1. The van der Waals surface area contributed by atoms with Crippen molar-refractivity contribution in [2.45, 2.75) is 13.0 Å². The Kier molecular flexibility index (Phi) is 4.33. The van der Waals surface area contributed by atoms with Crippen LogP contribution in [0.15, 0.2) is 48.1 Å². The second kappa shape index (κ2) is 6.78. The van der Waals surface area contributed by atoms with Gasteiger partial charge in [-0.25, -0.2) is 9.67 Å². The van der Waals surface area contributed by atoms with Crippen LogP contribution in [0.4, 0.5) is 0 Å². The molecule has 1 aliphatic heterocycles. The molecule has 0 saturated carbocycles. The highest BCUT2D eigenvalue weighted by molar-refractivity contribution is 7.13. The van der Waals surface area contributed by atoms with Crippen molar-refractivity contribution >= 4 is 17.2 Å². The van der Waals surface area contributed by atoms with Crippen LogP contribution in [0.5, 0.6) is 0 Å². The van der Waals surface area contributed by atoms with Gasteiger partial charge in [0, 0.05) is 42.8 Å². The van der Waals surface area contributed by atoms with Crippen LogP contribution in [0, 0.1) is 0 Å². The van der Waals surface area contributed by atoms with E-state index in [1.54, 1.807) is 6.20 Å². The van der Waals surface area contributed by atoms with Crippen LogP contribution in [0.2, 0.25) is 0 Å². The van der Waals surface area contributed by atoms with Crippen molar-refractivity contribution in [2.24, 2.45) is 0 Å². The fourth-order valence-corrected chi connectivity index (χ4v) is 3.71. The third-order valence-electron chi connectivity index (χ3n) is 4.23. The molecule has 6 nitrogen and oxygen atoms in total. The number of benzene rings is 1. The van der Waals surface area contributed by atoms with Crippen molar-refractivity contribution in [2.75, 3.05) is 19.6 Å². The fraction of sp³-hybridized carbons (Fsp3) is 0.278. The molecular weight excluding hydrogens is 334 g/mol. The third kappa shape index (κ3) is 3.33. The molecule has 1 aromatic carbocycles. The zero-order chi connectivity index (χ0) is 17.2. The normalized spacial score (nSPS) is 17.6. The van der Waals surface area contributed by atoms with E-state index in [9.17, 15) is 4.79 Å². The predicted molar refractivity (Wildman–Crippen MR) is 98.0 cm³/mol. The Bertz CT molecular complexity index is 872. The first-order chi connectivity index (χ1) is 12.2. The molecule has 0 bridgehead atoms. The minimum Gasteiger partial charge on any atom is -0.334 e. The fourth-order valence-electron chi connectivity index (χ4n) is 2.94. The topological polar surface area (TPSA) is 63.1 Å². The summed E-state index contributed by atoms with van der Waals surface area (Å²) in [7, 11) is 0. The van der Waals surface area contributed by atoms with Crippen LogP contribution < -0.4 is 5.32 Å². The Morgan fingerprint density at radius 2 is 2.16 bits per heavy atom. The minimum atomic E-state index is 0.00583. The van der Waals surface area contributed by atoms with Crippen LogP contribution >= 0.6 is 11.3 Å². The molecule has 1 amide bonds. The summed E-state index contributed by atoms with van der Waals surface area (Å²) in [5.41, 5.74) is 2.43. The summed E-state index contributed by atoms with van der Waals surface area (Å²) in [5.74, 6) is 0.00583. The minimum absolute atomic E-state index is 0.00583. The SMILES string of the molecule is C[C@@H]1CN(C(=O)c2csc(-c3cnn(-c4ccccc4)c3)n2)CCN1. The Morgan fingerprint density at radius 1 is 1.32 bits per heavy atom. The van der Waals surface area contributed by atoms with Gasteiger partial charge in [0.1, 0.15) is 10.7 Å². The first kappa shape index (κ1) is 16.0. The van der Waals surface area contributed by atoms with Gasteiger partial charge in [-0.3, -0.25) is 4.79 Å². The lowest BCUT2D eigenvalue weighted by Gasteiger charge is -2.31. The summed E-state index contributed by atoms with van der Waals surface area (Å²) in [6, 6.07) is 10.2. The van der Waals surface area contributed by atoms with Gasteiger partial charge in [0.05, 0.1) is 11.9 Å². The molecule has 1 fully saturated rings. The summed E-state index contributed by atoms with van der Waals surface area (Å²) in [6.45, 7) is 4.36. The number of amides is 1. The van der Waals surface area contributed by atoms with Crippen molar-refractivity contribution in [1.82, 2.24) is 25.0 Å². The number of nitrogens with one attached hydrogen (secondary N) is 1. The first-order valence-electron chi connectivity index (χ1n) is 8.29. The molecule has 0 aliphatic carbocycles. The van der Waals surface area contributed by atoms with Crippen molar-refractivity contribution in [3.63, 3.8) is 0 Å². The summed E-state index contributed by atoms with van der Waals surface area (Å²) in [6.07, 6.45) is 3.72. The van der Waals surface area contributed by atoms with Gasteiger partial charge in [0.15, 0.2) is 0 Å². The molecule has 25 heavy (non-hydrogen) atoms. The van der Waals surface area contributed by atoms with Gasteiger partial charge in [0.25, 0.3) is 5.91 Å². The van der Waals surface area contributed by atoms with Crippen LogP contribution in [0.3, 0.4) is 0 Å². The first-order valence-corrected chi connectivity index (χ1v) is 9.17. The van der Waals surface area contributed by atoms with E-state index in [0.717, 1.165) is 35.9 Å². The van der Waals surface area contributed by atoms with Gasteiger partial charge in [-0.15, -0.1) is 11.3 Å². The Balaban J connectivity index is 1.53. The number of para-hydroxylation sites is 1. The Hall–Kier alpha value is -2.51. The van der Waals surface area contributed by atoms with E-state index in [2.05, 4.69) is 22.3 Å². The molecule has 128 valence electrons. The molecule has 3 aromatic rings. The molecule has 0 unspecified atom stereocenters. The summed E-state index contributed by atoms with van der Waals surface area (Å²) in [4.78, 5) is 19.0. The summed E-state index contributed by atoms with van der Waals surface area (Å²) in [5, 5.41) is 10.4. The molecule has 3 heterocycles. The molecule has 0 radical (unpaired) electrons. The molecule has 2 aromatic heterocycles. The summed E-state index contributed by atoms with van der Waals surface area (Å²) < 4.78 is 1.82. The summed E-state index contributed by atoms with van der Waals surface area (Å²) >= 11 is 1.48. The van der Waals surface area contributed by atoms with Crippen LogP contribution in [-0.4, -0.2) is 51.2 Å². The molecule has 1 aliphatic rings. The highest BCUT2D eigenvalue weighted by atomic mass is 32.1. The van der Waals surface area contributed by atoms with Gasteiger partial charge < -0.3 is 10.2 Å². The van der Waals surface area contributed by atoms with E-state index >= 15 is 0 Å². The Labute approximate surface area is 150 Å². The molecule has 7 heteroatoms. The van der Waals surface area contributed by atoms with Crippen molar-refractivity contribution in [1.29, 1.82) is 0 Å². The van der Waals surface area contributed by atoms with Crippen LogP contribution in [0.1, 0.15) is 17.4 Å². The number of carbonyl (C=O) groups is 1. The van der Waals surface area contributed by atoms with Gasteiger partial charge in [-0.2, -0.15) is 5.10 Å². The maximum Gasteiger partial charge on any atom is 0.273 e. The second-order valence-electron chi connectivity index (χ2n) is 6.15. The maximum absolute atomic E-state index is 12.6. The zero-order valence-corrected chi connectivity index (χ0v) is 14.7. The average molecular weight is 353 g/mol. The van der Waals surface area contributed by atoms with E-state index in [1.165, 1.54) is 11.3 Å². The largest absolute Gasteiger partial charge is 0.334 e. The lowest BCUT2D eigenvalue weighted by Crippen LogP contribution is -2.51. The van der Waals surface area contributed by atoms with E-state index in [0.29, 0.717) is 11.7 Å². The van der Waals surface area contributed by atoms with Crippen LogP contribution in [-0.2, 0) is 0 Å². The number of rotatable bonds is 3. The van der Waals surface area contributed by atoms with E-state index in [4.69, 9.17) is 0 Å². The number of aromatic nitrogens is 3. The Morgan fingerprint density at radius 3 is 2.96 bits per heavy atom. The van der Waals surface area contributed by atoms with E-state index in [1.807, 2.05) is 51.5 Å². The number of thiazole rings is 1. The maximum atomic E-state index is 12.6. The number of piperazine rings is 1. The highest BCUT2D eigenvalue weighted by Gasteiger charge is 2.23. The smallest absolute Gasteiger partial charge is 0.273 e. The van der Waals surface area contributed by atoms with Gasteiger partial charge in [0.2, 0.25) is 0 Å². The van der Waals surface area contributed by atoms with E-state index < -0.39 is 0 Å². The van der Waals surface area contributed by atoms with Crippen molar-refractivity contribution in [3.05, 3.63) is 53.8 Å². The molecule has 1 saturated heterocycles. The van der Waals surface area contributed by atoms with Gasteiger partial charge in [-0.05, 0) is 19.1 Å². The monoisotopic (exact) mass is 353 g/mol. The highest BCUT2D eigenvalue weighted by Crippen LogP contribution is 2.25. The second-order valence-corrected chi connectivity index (χ2v) is 7.01. The van der Waals surface area contributed by atoms with Gasteiger partial charge >= 0.3 is 0 Å². The van der Waals surface area contributed by atoms with Crippen molar-refractivity contribution < 1.29 is 4.79 Å². The molecule has 1 atom stereocenters. The number of hydrogen-bond acceptors (Lipinski definition) is 5. The third-order valence-corrected chi connectivity index (χ3v) is 5.12. The number of carbonyl (C=O) groups excluding carboxylic acids is 1. The number of hydrogen-bond donors (Lipinski definition) is 1. The predicted octanol–water partition coefficient (Wildman–Crippen LogP) is 2.43. The zero-order valence-electron chi connectivity index (χ0n) is 13.9. The lowest BCUT2D eigenvalue weighted by molar-refractivity contribution is 0.0704. The number of nitrogens with zero attached hydrogens (tertiary/aromatic N) is 4. The molecule has 0 spiro atoms.